The Balaban J connectivity index is 1.43. The van der Waals surface area contributed by atoms with Crippen molar-refractivity contribution in [2.45, 2.75) is 26.4 Å². The summed E-state index contributed by atoms with van der Waals surface area (Å²) in [5.74, 6) is -0.431. The lowest BCUT2D eigenvalue weighted by Crippen LogP contribution is -2.40. The topological polar surface area (TPSA) is 90.9 Å². The van der Waals surface area contributed by atoms with Crippen LogP contribution in [0.5, 0.6) is 0 Å². The molecule has 0 saturated carbocycles. The number of amides is 3. The SMILES string of the molecule is CCCN1C(=O)CN(Cc2ccc(-c3ccc(F)c(CN4CCS(=O)(=O)CC4)n3)cc2)C1=O. The predicted octanol–water partition coefficient (Wildman–Crippen LogP) is 2.29. The Morgan fingerprint density at radius 3 is 2.36 bits per heavy atom. The molecule has 2 aliphatic rings. The molecule has 33 heavy (non-hydrogen) atoms. The molecule has 0 bridgehead atoms. The van der Waals surface area contributed by atoms with E-state index < -0.39 is 15.7 Å². The van der Waals surface area contributed by atoms with Crippen LogP contribution in [0, 0.1) is 5.82 Å². The summed E-state index contributed by atoms with van der Waals surface area (Å²) in [4.78, 5) is 33.6. The van der Waals surface area contributed by atoms with Crippen LogP contribution in [0.15, 0.2) is 36.4 Å². The van der Waals surface area contributed by atoms with Crippen molar-refractivity contribution >= 4 is 21.8 Å². The van der Waals surface area contributed by atoms with E-state index in [4.69, 9.17) is 0 Å². The van der Waals surface area contributed by atoms with Crippen LogP contribution >= 0.6 is 0 Å². The second-order valence-corrected chi connectivity index (χ2v) is 10.7. The number of aromatic nitrogens is 1. The molecule has 2 saturated heterocycles. The van der Waals surface area contributed by atoms with E-state index in [1.807, 2.05) is 36.1 Å². The van der Waals surface area contributed by atoms with Crippen LogP contribution in [-0.4, -0.2) is 77.7 Å². The Labute approximate surface area is 192 Å². The molecule has 2 aliphatic heterocycles. The van der Waals surface area contributed by atoms with Crippen molar-refractivity contribution in [2.75, 3.05) is 37.7 Å². The molecular formula is C23H27FN4O4S. The number of carbonyl (C=O) groups excluding carboxylic acids is 2. The van der Waals surface area contributed by atoms with Gasteiger partial charge in [-0.1, -0.05) is 31.2 Å². The van der Waals surface area contributed by atoms with Gasteiger partial charge in [0.25, 0.3) is 0 Å². The number of carbonyl (C=O) groups is 2. The average Bonchev–Trinajstić information content (AvgIpc) is 3.05. The van der Waals surface area contributed by atoms with Gasteiger partial charge in [0, 0.05) is 38.3 Å². The largest absolute Gasteiger partial charge is 0.327 e. The molecule has 0 unspecified atom stereocenters. The van der Waals surface area contributed by atoms with Crippen molar-refractivity contribution in [1.82, 2.24) is 19.7 Å². The third-order valence-electron chi connectivity index (χ3n) is 5.93. The van der Waals surface area contributed by atoms with Crippen LogP contribution in [0.1, 0.15) is 24.6 Å². The van der Waals surface area contributed by atoms with Gasteiger partial charge in [-0.2, -0.15) is 0 Å². The maximum Gasteiger partial charge on any atom is 0.327 e. The van der Waals surface area contributed by atoms with E-state index in [1.54, 1.807) is 6.07 Å². The molecule has 2 fully saturated rings. The second kappa shape index (κ2) is 9.56. The number of hydrogen-bond donors (Lipinski definition) is 0. The van der Waals surface area contributed by atoms with Gasteiger partial charge in [0.2, 0.25) is 5.91 Å². The molecule has 2 aromatic rings. The number of benzene rings is 1. The summed E-state index contributed by atoms with van der Waals surface area (Å²) in [5.41, 5.74) is 2.59. The summed E-state index contributed by atoms with van der Waals surface area (Å²) >= 11 is 0. The average molecular weight is 475 g/mol. The van der Waals surface area contributed by atoms with Crippen molar-refractivity contribution in [3.8, 4) is 11.3 Å². The highest BCUT2D eigenvalue weighted by Crippen LogP contribution is 2.22. The Morgan fingerprint density at radius 2 is 1.70 bits per heavy atom. The van der Waals surface area contributed by atoms with Crippen molar-refractivity contribution < 1.29 is 22.4 Å². The van der Waals surface area contributed by atoms with Crippen molar-refractivity contribution in [3.05, 3.63) is 53.5 Å². The molecule has 1 aromatic carbocycles. The number of nitrogens with zero attached hydrogens (tertiary/aromatic N) is 4. The number of pyridine rings is 1. The first kappa shape index (κ1) is 23.3. The molecule has 176 valence electrons. The van der Waals surface area contributed by atoms with Crippen molar-refractivity contribution in [1.29, 1.82) is 0 Å². The van der Waals surface area contributed by atoms with Gasteiger partial charge in [0.15, 0.2) is 9.84 Å². The minimum Gasteiger partial charge on any atom is -0.311 e. The predicted molar refractivity (Wildman–Crippen MR) is 121 cm³/mol. The number of sulfone groups is 1. The molecular weight excluding hydrogens is 447 g/mol. The van der Waals surface area contributed by atoms with Gasteiger partial charge in [0.05, 0.1) is 22.9 Å². The zero-order valence-corrected chi connectivity index (χ0v) is 19.4. The van der Waals surface area contributed by atoms with Gasteiger partial charge in [0.1, 0.15) is 12.4 Å². The lowest BCUT2D eigenvalue weighted by Gasteiger charge is -2.26. The van der Waals surface area contributed by atoms with Crippen LogP contribution in [0.3, 0.4) is 0 Å². The Hall–Kier alpha value is -2.85. The van der Waals surface area contributed by atoms with Crippen molar-refractivity contribution in [2.24, 2.45) is 0 Å². The first-order valence-corrected chi connectivity index (χ1v) is 12.8. The second-order valence-electron chi connectivity index (χ2n) is 8.43. The fourth-order valence-electron chi connectivity index (χ4n) is 4.04. The van der Waals surface area contributed by atoms with Crippen LogP contribution in [0.2, 0.25) is 0 Å². The number of hydrogen-bond acceptors (Lipinski definition) is 6. The fourth-order valence-corrected chi connectivity index (χ4v) is 5.32. The Bertz CT molecular complexity index is 1140. The van der Waals surface area contributed by atoms with Gasteiger partial charge in [-0.05, 0) is 24.1 Å². The van der Waals surface area contributed by atoms with E-state index >= 15 is 0 Å². The first-order chi connectivity index (χ1) is 15.8. The molecule has 4 rings (SSSR count). The zero-order valence-electron chi connectivity index (χ0n) is 18.5. The number of rotatable bonds is 7. The van der Waals surface area contributed by atoms with Crippen LogP contribution in [0.25, 0.3) is 11.3 Å². The monoisotopic (exact) mass is 474 g/mol. The number of halogens is 1. The van der Waals surface area contributed by atoms with E-state index in [0.29, 0.717) is 31.9 Å². The summed E-state index contributed by atoms with van der Waals surface area (Å²) < 4.78 is 37.6. The van der Waals surface area contributed by atoms with Gasteiger partial charge < -0.3 is 4.90 Å². The van der Waals surface area contributed by atoms with Gasteiger partial charge in [-0.15, -0.1) is 0 Å². The normalized spacial score (nSPS) is 18.8. The third kappa shape index (κ3) is 5.39. The molecule has 0 aliphatic carbocycles. The fraction of sp³-hybridized carbons (Fsp3) is 0.435. The minimum absolute atomic E-state index is 0.0805. The maximum atomic E-state index is 14.4. The lowest BCUT2D eigenvalue weighted by atomic mass is 10.1. The minimum atomic E-state index is -3.00. The molecule has 0 spiro atoms. The smallest absolute Gasteiger partial charge is 0.311 e. The first-order valence-electron chi connectivity index (χ1n) is 11.0. The van der Waals surface area contributed by atoms with Gasteiger partial charge in [-0.25, -0.2) is 22.6 Å². The molecule has 8 nitrogen and oxygen atoms in total. The third-order valence-corrected chi connectivity index (χ3v) is 7.54. The van der Waals surface area contributed by atoms with E-state index in [2.05, 4.69) is 4.98 Å². The Morgan fingerprint density at radius 1 is 1.00 bits per heavy atom. The highest BCUT2D eigenvalue weighted by molar-refractivity contribution is 7.91. The highest BCUT2D eigenvalue weighted by Gasteiger charge is 2.35. The molecule has 0 atom stereocenters. The maximum absolute atomic E-state index is 14.4. The standard InChI is InChI=1S/C23H27FN4O4S/c1-2-9-28-22(29)16-27(23(28)30)14-17-3-5-18(6-4-17)20-8-7-19(24)21(25-20)15-26-10-12-33(31,32)13-11-26/h3-8H,2,9-16H2,1H3. The summed E-state index contributed by atoms with van der Waals surface area (Å²) in [7, 11) is -3.00. The van der Waals surface area contributed by atoms with E-state index in [9.17, 15) is 22.4 Å². The summed E-state index contributed by atoms with van der Waals surface area (Å²) in [6, 6.07) is 10.2. The summed E-state index contributed by atoms with van der Waals surface area (Å²) in [6.45, 7) is 3.78. The van der Waals surface area contributed by atoms with Gasteiger partial charge >= 0.3 is 6.03 Å². The molecule has 3 amide bonds. The van der Waals surface area contributed by atoms with Crippen LogP contribution < -0.4 is 0 Å². The van der Waals surface area contributed by atoms with E-state index in [0.717, 1.165) is 17.5 Å². The number of imide groups is 1. The molecule has 1 aromatic heterocycles. The Kier molecular flexibility index (Phi) is 6.76. The lowest BCUT2D eigenvalue weighted by molar-refractivity contribution is -0.125. The zero-order chi connectivity index (χ0) is 23.6. The highest BCUT2D eigenvalue weighted by atomic mass is 32.2. The molecule has 3 heterocycles. The van der Waals surface area contributed by atoms with E-state index in [1.165, 1.54) is 15.9 Å². The molecule has 0 N–H and O–H groups in total. The quantitative estimate of drug-likeness (QED) is 0.572. The molecule has 10 heteroatoms. The summed E-state index contributed by atoms with van der Waals surface area (Å²) in [5, 5.41) is 0. The number of urea groups is 1. The summed E-state index contributed by atoms with van der Waals surface area (Å²) in [6.07, 6.45) is 0.726. The van der Waals surface area contributed by atoms with Crippen LogP contribution in [-0.2, 0) is 27.7 Å². The van der Waals surface area contributed by atoms with E-state index in [-0.39, 0.29) is 42.2 Å². The molecule has 0 radical (unpaired) electrons. The van der Waals surface area contributed by atoms with Gasteiger partial charge in [-0.3, -0.25) is 14.6 Å². The van der Waals surface area contributed by atoms with Crippen LogP contribution in [0.4, 0.5) is 9.18 Å². The van der Waals surface area contributed by atoms with Crippen molar-refractivity contribution in [3.63, 3.8) is 0 Å².